The first-order valence-corrected chi connectivity index (χ1v) is 12.7. The minimum absolute atomic E-state index is 0.0352. The van der Waals surface area contributed by atoms with Gasteiger partial charge in [0.2, 0.25) is 5.82 Å². The van der Waals surface area contributed by atoms with Crippen LogP contribution in [0.15, 0.2) is 0 Å². The normalized spacial score (nSPS) is 13.5. The summed E-state index contributed by atoms with van der Waals surface area (Å²) in [6, 6.07) is 0. The molecule has 0 amide bonds. The molecule has 45 heavy (non-hydrogen) atoms. The highest BCUT2D eigenvalue weighted by molar-refractivity contribution is 7.39. The fourth-order valence-corrected chi connectivity index (χ4v) is 4.28. The van der Waals surface area contributed by atoms with Crippen molar-refractivity contribution in [2.24, 2.45) is 0 Å². The quantitative estimate of drug-likeness (QED) is 0.0838. The van der Waals surface area contributed by atoms with Crippen LogP contribution in [0, 0.1) is 46.5 Å². The molecule has 1 atom stereocenters. The third-order valence-corrected chi connectivity index (χ3v) is 6.80. The molecule has 0 aliphatic carbocycles. The molecule has 258 valence electrons. The van der Waals surface area contributed by atoms with Gasteiger partial charge in [-0.05, 0) is 21.2 Å². The van der Waals surface area contributed by atoms with Gasteiger partial charge in [-0.25, -0.2) is 35.1 Å². The van der Waals surface area contributed by atoms with Crippen LogP contribution in [0.2, 0.25) is 0 Å². The zero-order valence-electron chi connectivity index (χ0n) is 21.5. The SMILES string of the molecule is CCCCCCPC(F)(F)C(F)(F)F.Fc1c(F)c(F)c(-c2c(C(F)(F)F)c(F)c(F)c(F)c2C(F)(F)C(F)(F)F)c(F)c1F. The maximum absolute atomic E-state index is 13.9. The maximum Gasteiger partial charge on any atom is 0.458 e. The van der Waals surface area contributed by atoms with E-state index < -0.39 is 107 Å². The molecule has 1 unspecified atom stereocenters. The largest absolute Gasteiger partial charge is 0.458 e. The highest BCUT2D eigenvalue weighted by Gasteiger charge is 2.63. The molecule has 22 heteroatoms. The van der Waals surface area contributed by atoms with E-state index in [0.29, 0.717) is 6.42 Å². The average molecular weight is 720 g/mol. The molecule has 0 heterocycles. The van der Waals surface area contributed by atoms with Gasteiger partial charge in [0, 0.05) is 5.56 Å². The molecule has 0 N–H and O–H groups in total. The fourth-order valence-electron chi connectivity index (χ4n) is 3.33. The molecule has 0 aromatic heterocycles. The van der Waals surface area contributed by atoms with Crippen molar-refractivity contribution >= 4 is 8.58 Å². The van der Waals surface area contributed by atoms with Crippen molar-refractivity contribution in [3.8, 4) is 11.1 Å². The van der Waals surface area contributed by atoms with Crippen LogP contribution in [-0.2, 0) is 12.1 Å². The van der Waals surface area contributed by atoms with Gasteiger partial charge in [0.15, 0.2) is 40.7 Å². The smallest absolute Gasteiger partial charge is 0.203 e. The van der Waals surface area contributed by atoms with Crippen LogP contribution < -0.4 is 0 Å². The Morgan fingerprint density at radius 3 is 1.22 bits per heavy atom. The molecule has 2 aromatic carbocycles. The average Bonchev–Trinajstić information content (AvgIpc) is 2.87. The monoisotopic (exact) mass is 720 g/mol. The van der Waals surface area contributed by atoms with Crippen LogP contribution in [0.5, 0.6) is 0 Å². The van der Waals surface area contributed by atoms with E-state index in [1.807, 2.05) is 6.92 Å². The summed E-state index contributed by atoms with van der Waals surface area (Å²) in [7, 11) is -1.34. The Labute approximate surface area is 239 Å². The molecular formula is C23H14F21P. The van der Waals surface area contributed by atoms with E-state index >= 15 is 0 Å². The summed E-state index contributed by atoms with van der Waals surface area (Å²) < 4.78 is 273. The molecule has 2 rings (SSSR count). The number of rotatable bonds is 8. The summed E-state index contributed by atoms with van der Waals surface area (Å²) in [4.78, 5) is 0. The van der Waals surface area contributed by atoms with Crippen molar-refractivity contribution in [2.75, 3.05) is 6.16 Å². The predicted molar refractivity (Wildman–Crippen MR) is 115 cm³/mol. The van der Waals surface area contributed by atoms with Gasteiger partial charge in [0.25, 0.3) is 0 Å². The van der Waals surface area contributed by atoms with Crippen LogP contribution in [0.25, 0.3) is 11.1 Å². The maximum atomic E-state index is 13.9. The second-order valence-electron chi connectivity index (χ2n) is 8.64. The lowest BCUT2D eigenvalue weighted by Crippen LogP contribution is -2.36. The van der Waals surface area contributed by atoms with Gasteiger partial charge >= 0.3 is 30.1 Å². The van der Waals surface area contributed by atoms with Crippen molar-refractivity contribution in [3.63, 3.8) is 0 Å². The van der Waals surface area contributed by atoms with E-state index in [1.54, 1.807) is 0 Å². The minimum Gasteiger partial charge on any atom is -0.203 e. The molecule has 0 bridgehead atoms. The fraction of sp³-hybridized carbons (Fsp3) is 0.478. The number of unbranched alkanes of at least 4 members (excludes halogenated alkanes) is 3. The van der Waals surface area contributed by atoms with Crippen molar-refractivity contribution < 1.29 is 92.2 Å². The molecule has 0 saturated heterocycles. The second-order valence-corrected chi connectivity index (χ2v) is 10.1. The van der Waals surface area contributed by atoms with Crippen LogP contribution in [0.3, 0.4) is 0 Å². The molecular weight excluding hydrogens is 706 g/mol. The van der Waals surface area contributed by atoms with Crippen LogP contribution in [-0.4, -0.2) is 24.2 Å². The van der Waals surface area contributed by atoms with Crippen molar-refractivity contribution in [1.82, 2.24) is 0 Å². The lowest BCUT2D eigenvalue weighted by molar-refractivity contribution is -0.290. The zero-order chi connectivity index (χ0) is 35.7. The first-order chi connectivity index (χ1) is 20.1. The van der Waals surface area contributed by atoms with E-state index in [9.17, 15) is 92.2 Å². The third-order valence-electron chi connectivity index (χ3n) is 5.47. The van der Waals surface area contributed by atoms with Gasteiger partial charge < -0.3 is 0 Å². The summed E-state index contributed by atoms with van der Waals surface area (Å²) in [5, 5.41) is 0. The number of alkyl halides is 13. The van der Waals surface area contributed by atoms with E-state index in [2.05, 4.69) is 0 Å². The number of halogens is 21. The minimum atomic E-state index is -7.10. The highest BCUT2D eigenvalue weighted by atomic mass is 31.1. The van der Waals surface area contributed by atoms with Crippen molar-refractivity contribution in [1.29, 1.82) is 0 Å². The van der Waals surface area contributed by atoms with Crippen LogP contribution in [0.1, 0.15) is 43.7 Å². The van der Waals surface area contributed by atoms with Gasteiger partial charge in [-0.15, -0.1) is 0 Å². The lowest BCUT2D eigenvalue weighted by atomic mass is 9.88. The van der Waals surface area contributed by atoms with E-state index in [-0.39, 0.29) is 6.16 Å². The third kappa shape index (κ3) is 8.41. The molecule has 2 aromatic rings. The van der Waals surface area contributed by atoms with Crippen LogP contribution in [0.4, 0.5) is 92.2 Å². The molecule has 0 radical (unpaired) electrons. The topological polar surface area (TPSA) is 0 Å². The van der Waals surface area contributed by atoms with Gasteiger partial charge in [0.1, 0.15) is 5.56 Å². The van der Waals surface area contributed by atoms with Crippen LogP contribution >= 0.6 is 8.58 Å². The zero-order valence-corrected chi connectivity index (χ0v) is 22.5. The first kappa shape index (κ1) is 40.4. The molecule has 0 saturated carbocycles. The van der Waals surface area contributed by atoms with Gasteiger partial charge in [0.05, 0.1) is 11.1 Å². The first-order valence-electron chi connectivity index (χ1n) is 11.5. The molecule has 0 spiro atoms. The Hall–Kier alpha value is -2.60. The standard InChI is InChI=1S/C15F16.C8H14F5P/c16-5-2(6(17)10(21)12(23)9(5)20)1-3(13(24,25)15(29,30)31)7(18)11(22)8(19)4(1)14(26,27)28;1-2-3-4-5-6-14-8(12,13)7(9,10)11/h;14H,2-6H2,1H3. The Morgan fingerprint density at radius 1 is 0.444 bits per heavy atom. The predicted octanol–water partition coefficient (Wildman–Crippen LogP) is 11.5. The van der Waals surface area contributed by atoms with Gasteiger partial charge in [-0.2, -0.15) is 57.1 Å². The van der Waals surface area contributed by atoms with E-state index in [1.165, 1.54) is 0 Å². The summed E-state index contributed by atoms with van der Waals surface area (Å²) in [6.45, 7) is 1.95. The second kappa shape index (κ2) is 14.0. The highest BCUT2D eigenvalue weighted by Crippen LogP contribution is 2.54. The Bertz CT molecular complexity index is 1320. The van der Waals surface area contributed by atoms with Gasteiger partial charge in [-0.3, -0.25) is 0 Å². The lowest BCUT2D eigenvalue weighted by Gasteiger charge is -2.26. The number of hydrogen-bond acceptors (Lipinski definition) is 0. The number of hydrogen-bond donors (Lipinski definition) is 0. The van der Waals surface area contributed by atoms with E-state index in [4.69, 9.17) is 0 Å². The summed E-state index contributed by atoms with van der Waals surface area (Å²) in [5.41, 5.74) is -18.7. The summed E-state index contributed by atoms with van der Waals surface area (Å²) in [6.07, 6.45) is -16.1. The van der Waals surface area contributed by atoms with Crippen molar-refractivity contribution in [3.05, 3.63) is 57.7 Å². The van der Waals surface area contributed by atoms with Crippen molar-refractivity contribution in [2.45, 2.75) is 62.7 Å². The Balaban J connectivity index is 0.000000609. The molecule has 0 fully saturated rings. The van der Waals surface area contributed by atoms with E-state index in [0.717, 1.165) is 19.3 Å². The Morgan fingerprint density at radius 2 is 0.844 bits per heavy atom. The molecule has 0 aliphatic heterocycles. The molecule has 0 aliphatic rings. The molecule has 0 nitrogen and oxygen atoms in total. The summed E-state index contributed by atoms with van der Waals surface area (Å²) in [5.74, 6) is -34.1. The Kier molecular flexibility index (Phi) is 12.6. The summed E-state index contributed by atoms with van der Waals surface area (Å²) >= 11 is 0. The van der Waals surface area contributed by atoms with Gasteiger partial charge in [-0.1, -0.05) is 26.2 Å². The number of benzene rings is 2.